The van der Waals surface area contributed by atoms with Crippen LogP contribution in [0.4, 0.5) is 20.9 Å². The van der Waals surface area contributed by atoms with E-state index in [-0.39, 0.29) is 11.7 Å². The lowest BCUT2D eigenvalue weighted by atomic mass is 10.0. The van der Waals surface area contributed by atoms with Gasteiger partial charge < -0.3 is 10.6 Å². The summed E-state index contributed by atoms with van der Waals surface area (Å²) in [5.41, 5.74) is 4.74. The van der Waals surface area contributed by atoms with Crippen LogP contribution in [0.5, 0.6) is 0 Å². The molecule has 0 radical (unpaired) electrons. The van der Waals surface area contributed by atoms with E-state index in [1.165, 1.54) is 23.5 Å². The Bertz CT molecular complexity index is 921. The van der Waals surface area contributed by atoms with Crippen molar-refractivity contribution >= 4 is 33.8 Å². The van der Waals surface area contributed by atoms with E-state index in [1.54, 1.807) is 12.1 Å². The second kappa shape index (κ2) is 6.64. The molecule has 2 aromatic carbocycles. The maximum absolute atomic E-state index is 13.0. The number of carbonyl (C=O) groups is 1. The second-order valence-corrected chi connectivity index (χ2v) is 6.80. The molecule has 0 fully saturated rings. The van der Waals surface area contributed by atoms with E-state index in [2.05, 4.69) is 21.7 Å². The van der Waals surface area contributed by atoms with Crippen LogP contribution in [0.2, 0.25) is 0 Å². The fourth-order valence-corrected chi connectivity index (χ4v) is 3.59. The molecule has 0 atom stereocenters. The first kappa shape index (κ1) is 15.8. The Morgan fingerprint density at radius 3 is 2.80 bits per heavy atom. The molecule has 3 aromatic rings. The summed E-state index contributed by atoms with van der Waals surface area (Å²) in [6, 6.07) is 12.2. The predicted octanol–water partition coefficient (Wildman–Crippen LogP) is 4.97. The molecule has 2 heterocycles. The maximum atomic E-state index is 13.0. The first-order chi connectivity index (χ1) is 12.2. The molecular weight excluding hydrogens is 337 g/mol. The van der Waals surface area contributed by atoms with Gasteiger partial charge in [-0.3, -0.25) is 4.79 Å². The zero-order valence-electron chi connectivity index (χ0n) is 13.4. The molecule has 126 valence electrons. The van der Waals surface area contributed by atoms with Crippen molar-refractivity contribution < 1.29 is 9.18 Å². The summed E-state index contributed by atoms with van der Waals surface area (Å²) in [5, 5.41) is 8.87. The summed E-state index contributed by atoms with van der Waals surface area (Å²) in [6.45, 7) is 0. The van der Waals surface area contributed by atoms with Gasteiger partial charge >= 0.3 is 0 Å². The first-order valence-electron chi connectivity index (χ1n) is 8.09. The number of anilines is 3. The number of benzene rings is 2. The number of nitrogens with one attached hydrogen (secondary N) is 2. The lowest BCUT2D eigenvalue weighted by Crippen LogP contribution is -2.09. The topological polar surface area (TPSA) is 54.0 Å². The molecule has 0 unspecified atom stereocenters. The average Bonchev–Trinajstić information content (AvgIpc) is 2.98. The predicted molar refractivity (Wildman–Crippen MR) is 98.8 cm³/mol. The molecule has 0 aliphatic carbocycles. The quantitative estimate of drug-likeness (QED) is 0.699. The Morgan fingerprint density at radius 1 is 1.12 bits per heavy atom. The van der Waals surface area contributed by atoms with Crippen molar-refractivity contribution in [3.63, 3.8) is 0 Å². The van der Waals surface area contributed by atoms with Gasteiger partial charge in [0.15, 0.2) is 5.13 Å². The normalized spacial score (nSPS) is 13.7. The third-order valence-corrected chi connectivity index (χ3v) is 4.88. The minimum Gasteiger partial charge on any atom is -0.332 e. The van der Waals surface area contributed by atoms with Gasteiger partial charge in [0, 0.05) is 28.7 Å². The maximum Gasteiger partial charge on any atom is 0.224 e. The molecule has 4 nitrogen and oxygen atoms in total. The lowest BCUT2D eigenvalue weighted by Gasteiger charge is -2.08. The second-order valence-electron chi connectivity index (χ2n) is 5.94. The highest BCUT2D eigenvalue weighted by Gasteiger charge is 2.14. The van der Waals surface area contributed by atoms with E-state index in [0.717, 1.165) is 46.2 Å². The van der Waals surface area contributed by atoms with Crippen molar-refractivity contribution in [2.45, 2.75) is 19.3 Å². The number of thiazole rings is 1. The third-order valence-electron chi connectivity index (χ3n) is 4.12. The van der Waals surface area contributed by atoms with Crippen molar-refractivity contribution in [3.05, 3.63) is 59.2 Å². The van der Waals surface area contributed by atoms with Crippen LogP contribution >= 0.6 is 11.3 Å². The molecule has 25 heavy (non-hydrogen) atoms. The van der Waals surface area contributed by atoms with Gasteiger partial charge in [-0.05, 0) is 54.8 Å². The van der Waals surface area contributed by atoms with Crippen molar-refractivity contribution in [2.24, 2.45) is 0 Å². The highest BCUT2D eigenvalue weighted by Crippen LogP contribution is 2.31. The van der Waals surface area contributed by atoms with Gasteiger partial charge in [0.05, 0.1) is 5.69 Å². The van der Waals surface area contributed by atoms with Crippen LogP contribution < -0.4 is 10.6 Å². The van der Waals surface area contributed by atoms with Gasteiger partial charge in [0.2, 0.25) is 5.91 Å². The fraction of sp³-hybridized carbons (Fsp3) is 0.158. The molecule has 1 amide bonds. The van der Waals surface area contributed by atoms with E-state index < -0.39 is 0 Å². The Balaban J connectivity index is 1.56. The molecule has 1 aliphatic heterocycles. The Morgan fingerprint density at radius 2 is 1.96 bits per heavy atom. The monoisotopic (exact) mass is 353 g/mol. The number of hydrogen-bond acceptors (Lipinski definition) is 4. The van der Waals surface area contributed by atoms with Crippen LogP contribution in [0.1, 0.15) is 18.4 Å². The summed E-state index contributed by atoms with van der Waals surface area (Å²) in [6.07, 6.45) is 2.30. The van der Waals surface area contributed by atoms with Crippen molar-refractivity contribution in [3.8, 4) is 11.3 Å². The zero-order chi connectivity index (χ0) is 17.2. The molecule has 0 bridgehead atoms. The van der Waals surface area contributed by atoms with Crippen molar-refractivity contribution in [1.29, 1.82) is 0 Å². The van der Waals surface area contributed by atoms with Crippen LogP contribution in [-0.4, -0.2) is 10.9 Å². The van der Waals surface area contributed by atoms with E-state index in [1.807, 2.05) is 17.5 Å². The number of hydrogen-bond donors (Lipinski definition) is 2. The molecule has 0 saturated heterocycles. The number of rotatable bonds is 3. The molecule has 0 saturated carbocycles. The molecule has 4 rings (SSSR count). The minimum atomic E-state index is -0.262. The number of nitrogens with zero attached hydrogens (tertiary/aromatic N) is 1. The summed E-state index contributed by atoms with van der Waals surface area (Å²) >= 11 is 1.50. The largest absolute Gasteiger partial charge is 0.332 e. The van der Waals surface area contributed by atoms with Crippen LogP contribution in [0, 0.1) is 5.82 Å². The van der Waals surface area contributed by atoms with Crippen LogP contribution in [0.3, 0.4) is 0 Å². The SMILES string of the molecule is O=C1CCCc2cc(-c3csc(Nc4ccc(F)cc4)n3)ccc2N1. The number of aryl methyl sites for hydroxylation is 1. The van der Waals surface area contributed by atoms with E-state index in [0.29, 0.717) is 6.42 Å². The van der Waals surface area contributed by atoms with E-state index in [9.17, 15) is 9.18 Å². The van der Waals surface area contributed by atoms with Gasteiger partial charge in [-0.25, -0.2) is 9.37 Å². The minimum absolute atomic E-state index is 0.0749. The number of aromatic nitrogens is 1. The number of fused-ring (bicyclic) bond motifs is 1. The zero-order valence-corrected chi connectivity index (χ0v) is 14.2. The fourth-order valence-electron chi connectivity index (χ4n) is 2.85. The van der Waals surface area contributed by atoms with Gasteiger partial charge in [-0.2, -0.15) is 0 Å². The number of amides is 1. The van der Waals surface area contributed by atoms with Crippen LogP contribution in [-0.2, 0) is 11.2 Å². The van der Waals surface area contributed by atoms with Gasteiger partial charge in [0.25, 0.3) is 0 Å². The summed E-state index contributed by atoms with van der Waals surface area (Å²) in [5.74, 6) is -0.187. The Kier molecular flexibility index (Phi) is 4.19. The van der Waals surface area contributed by atoms with Crippen LogP contribution in [0.25, 0.3) is 11.3 Å². The Hall–Kier alpha value is -2.73. The summed E-state index contributed by atoms with van der Waals surface area (Å²) in [4.78, 5) is 16.3. The standard InChI is InChI=1S/C19H16FN3OS/c20-14-5-7-15(8-6-14)21-19-23-17(11-25-19)13-4-9-16-12(10-13)2-1-3-18(24)22-16/h4-11H,1-3H2,(H,21,23)(H,22,24). The average molecular weight is 353 g/mol. The highest BCUT2D eigenvalue weighted by atomic mass is 32.1. The lowest BCUT2D eigenvalue weighted by molar-refractivity contribution is -0.116. The third kappa shape index (κ3) is 3.53. The molecule has 1 aliphatic rings. The molecule has 1 aromatic heterocycles. The van der Waals surface area contributed by atoms with Crippen LogP contribution in [0.15, 0.2) is 47.8 Å². The Labute approximate surface area is 148 Å². The summed E-state index contributed by atoms with van der Waals surface area (Å²) < 4.78 is 13.0. The van der Waals surface area contributed by atoms with Gasteiger partial charge in [-0.1, -0.05) is 6.07 Å². The van der Waals surface area contributed by atoms with Gasteiger partial charge in [0.1, 0.15) is 5.82 Å². The number of carbonyl (C=O) groups excluding carboxylic acids is 1. The summed E-state index contributed by atoms with van der Waals surface area (Å²) in [7, 11) is 0. The number of halogens is 1. The van der Waals surface area contributed by atoms with Gasteiger partial charge in [-0.15, -0.1) is 11.3 Å². The van der Waals surface area contributed by atoms with E-state index in [4.69, 9.17) is 0 Å². The first-order valence-corrected chi connectivity index (χ1v) is 8.96. The smallest absolute Gasteiger partial charge is 0.224 e. The molecular formula is C19H16FN3OS. The van der Waals surface area contributed by atoms with Crippen molar-refractivity contribution in [1.82, 2.24) is 4.98 Å². The molecule has 0 spiro atoms. The van der Waals surface area contributed by atoms with Crippen molar-refractivity contribution in [2.75, 3.05) is 10.6 Å². The highest BCUT2D eigenvalue weighted by molar-refractivity contribution is 7.14. The van der Waals surface area contributed by atoms with E-state index >= 15 is 0 Å². The molecule has 2 N–H and O–H groups in total. The molecule has 6 heteroatoms.